The molecular weight excluding hydrogens is 521 g/mol. The van der Waals surface area contributed by atoms with Gasteiger partial charge in [-0.15, -0.1) is 0 Å². The molecule has 0 aromatic heterocycles. The van der Waals surface area contributed by atoms with Gasteiger partial charge in [-0.1, -0.05) is 56.3 Å². The Morgan fingerprint density at radius 3 is 2.20 bits per heavy atom. The minimum absolute atomic E-state index is 0.241. The van der Waals surface area contributed by atoms with Crippen LogP contribution >= 0.6 is 0 Å². The molecule has 0 spiro atoms. The van der Waals surface area contributed by atoms with Crippen molar-refractivity contribution in [1.29, 1.82) is 0 Å². The van der Waals surface area contributed by atoms with Crippen molar-refractivity contribution in [2.45, 2.75) is 58.2 Å². The van der Waals surface area contributed by atoms with Crippen LogP contribution in [0.1, 0.15) is 72.5 Å². The highest BCUT2D eigenvalue weighted by Crippen LogP contribution is 2.29. The first-order valence-corrected chi connectivity index (χ1v) is 13.9. The van der Waals surface area contributed by atoms with Crippen molar-refractivity contribution in [3.63, 3.8) is 0 Å². The van der Waals surface area contributed by atoms with Crippen LogP contribution < -0.4 is 15.5 Å². The van der Waals surface area contributed by atoms with Gasteiger partial charge in [-0.3, -0.25) is 9.69 Å². The molecular formula is C33H36FN3O4. The molecule has 3 amide bonds. The van der Waals surface area contributed by atoms with E-state index in [-0.39, 0.29) is 18.1 Å². The van der Waals surface area contributed by atoms with Crippen molar-refractivity contribution in [1.82, 2.24) is 5.32 Å². The van der Waals surface area contributed by atoms with Crippen LogP contribution in [0.5, 0.6) is 0 Å². The number of anilines is 2. The van der Waals surface area contributed by atoms with Crippen LogP contribution in [-0.4, -0.2) is 35.7 Å². The fraction of sp³-hybridized carbons (Fsp3) is 0.303. The van der Waals surface area contributed by atoms with Crippen LogP contribution in [0, 0.1) is 0 Å². The van der Waals surface area contributed by atoms with Crippen LogP contribution in [0.3, 0.4) is 0 Å². The maximum absolute atomic E-state index is 13.6. The molecule has 0 fully saturated rings. The summed E-state index contributed by atoms with van der Waals surface area (Å²) in [6.45, 7) is 3.86. The Morgan fingerprint density at radius 1 is 0.927 bits per heavy atom. The van der Waals surface area contributed by atoms with E-state index in [1.54, 1.807) is 29.2 Å². The Hall–Kier alpha value is -4.46. The lowest BCUT2D eigenvalue weighted by Crippen LogP contribution is -2.35. The molecule has 0 saturated carbocycles. The minimum atomic E-state index is -2.17. The molecule has 3 aromatic carbocycles. The second-order valence-electron chi connectivity index (χ2n) is 10.5. The second kappa shape index (κ2) is 13.7. The molecule has 214 valence electrons. The quantitative estimate of drug-likeness (QED) is 0.246. The third-order valence-electron chi connectivity index (χ3n) is 7.18. The number of carboxylic acid groups (broad SMARTS) is 1. The van der Waals surface area contributed by atoms with Gasteiger partial charge in [-0.2, -0.15) is 0 Å². The first-order chi connectivity index (χ1) is 19.7. The van der Waals surface area contributed by atoms with Crippen molar-refractivity contribution in [3.8, 4) is 0 Å². The number of benzene rings is 3. The third kappa shape index (κ3) is 8.03. The van der Waals surface area contributed by atoms with Crippen molar-refractivity contribution < 1.29 is 23.9 Å². The molecule has 7 nitrogen and oxygen atoms in total. The predicted octanol–water partition coefficient (Wildman–Crippen LogP) is 7.16. The molecule has 1 unspecified atom stereocenters. The fourth-order valence-electron chi connectivity index (χ4n) is 4.69. The fourth-order valence-corrected chi connectivity index (χ4v) is 4.69. The highest BCUT2D eigenvalue weighted by atomic mass is 19.1. The average Bonchev–Trinajstić information content (AvgIpc) is 2.99. The molecule has 1 atom stereocenters. The molecule has 3 N–H and O–H groups in total. The average molecular weight is 558 g/mol. The van der Waals surface area contributed by atoms with Gasteiger partial charge in [0.1, 0.15) is 0 Å². The van der Waals surface area contributed by atoms with E-state index >= 15 is 0 Å². The van der Waals surface area contributed by atoms with Crippen LogP contribution in [0.4, 0.5) is 20.6 Å². The van der Waals surface area contributed by atoms with Gasteiger partial charge >= 0.3 is 12.0 Å². The first-order valence-electron chi connectivity index (χ1n) is 13.9. The Balaban J connectivity index is 1.52. The lowest BCUT2D eigenvalue weighted by Gasteiger charge is -2.24. The van der Waals surface area contributed by atoms with Crippen LogP contribution in [0.15, 0.2) is 78.9 Å². The molecule has 8 heteroatoms. The zero-order valence-corrected chi connectivity index (χ0v) is 23.4. The van der Waals surface area contributed by atoms with Gasteiger partial charge in [0.25, 0.3) is 5.91 Å². The number of amides is 3. The number of allylic oxidation sites excluding steroid dienone is 2. The second-order valence-corrected chi connectivity index (χ2v) is 10.5. The van der Waals surface area contributed by atoms with Crippen LogP contribution in [-0.2, 0) is 11.3 Å². The van der Waals surface area contributed by atoms with Gasteiger partial charge in [0, 0.05) is 16.9 Å². The molecule has 0 radical (unpaired) electrons. The van der Waals surface area contributed by atoms with E-state index in [0.29, 0.717) is 11.6 Å². The number of carbonyl (C=O) groups is 3. The van der Waals surface area contributed by atoms with Crippen molar-refractivity contribution in [2.24, 2.45) is 0 Å². The SMILES string of the molecule is CC(C)c1ccc(NC(=O)N(Cc2ccc(C(=O)NCC(F)C(=O)O)cc2)c2ccc(C3=CCCCC3)cc2)cc1. The van der Waals surface area contributed by atoms with Gasteiger partial charge < -0.3 is 15.7 Å². The normalized spacial score (nSPS) is 13.7. The monoisotopic (exact) mass is 557 g/mol. The third-order valence-corrected chi connectivity index (χ3v) is 7.18. The molecule has 0 aliphatic heterocycles. The number of alkyl halides is 1. The standard InChI is InChI=1S/C33H36FN3O4/c1-22(2)24-12-16-28(17-13-24)36-33(41)37(29-18-14-26(15-19-29)25-6-4-3-5-7-25)21-23-8-10-27(11-9-23)31(38)35-20-30(34)32(39)40/h6,8-19,22,30H,3-5,7,20-21H2,1-2H3,(H,35,38)(H,36,41)(H,39,40). The number of hydrogen-bond acceptors (Lipinski definition) is 3. The molecule has 0 heterocycles. The maximum Gasteiger partial charge on any atom is 0.340 e. The zero-order chi connectivity index (χ0) is 29.4. The largest absolute Gasteiger partial charge is 0.479 e. The van der Waals surface area contributed by atoms with E-state index in [2.05, 4.69) is 30.6 Å². The number of carbonyl (C=O) groups excluding carboxylic acids is 2. The number of nitrogens with zero attached hydrogens (tertiary/aromatic N) is 1. The molecule has 0 saturated heterocycles. The van der Waals surface area contributed by atoms with E-state index < -0.39 is 24.6 Å². The number of halogens is 1. The lowest BCUT2D eigenvalue weighted by molar-refractivity contribution is -0.142. The highest BCUT2D eigenvalue weighted by Gasteiger charge is 2.19. The molecule has 1 aliphatic rings. The molecule has 4 rings (SSSR count). The van der Waals surface area contributed by atoms with Crippen molar-refractivity contribution in [2.75, 3.05) is 16.8 Å². The Bertz CT molecular complexity index is 1380. The van der Waals surface area contributed by atoms with E-state index in [4.69, 9.17) is 5.11 Å². The van der Waals surface area contributed by atoms with Crippen molar-refractivity contribution >= 4 is 34.9 Å². The zero-order valence-electron chi connectivity index (χ0n) is 23.4. The van der Waals surface area contributed by atoms with E-state index in [1.807, 2.05) is 48.5 Å². The summed E-state index contributed by atoms with van der Waals surface area (Å²) in [5.41, 5.74) is 6.13. The summed E-state index contributed by atoms with van der Waals surface area (Å²) in [5.74, 6) is -1.82. The Morgan fingerprint density at radius 2 is 1.61 bits per heavy atom. The predicted molar refractivity (Wildman–Crippen MR) is 160 cm³/mol. The summed E-state index contributed by atoms with van der Waals surface area (Å²) >= 11 is 0. The number of carboxylic acids is 1. The van der Waals surface area contributed by atoms with E-state index in [0.717, 1.165) is 29.7 Å². The van der Waals surface area contributed by atoms with Gasteiger partial charge in [0.15, 0.2) is 0 Å². The molecule has 0 bridgehead atoms. The first kappa shape index (κ1) is 29.5. The van der Waals surface area contributed by atoms with E-state index in [9.17, 15) is 18.8 Å². The number of aliphatic carboxylic acids is 1. The van der Waals surface area contributed by atoms with Gasteiger partial charge in [-0.05, 0) is 90.3 Å². The van der Waals surface area contributed by atoms with Crippen molar-refractivity contribution in [3.05, 3.63) is 101 Å². The summed E-state index contributed by atoms with van der Waals surface area (Å²) in [6.07, 6.45) is 4.65. The van der Waals surface area contributed by atoms with Crippen LogP contribution in [0.25, 0.3) is 5.57 Å². The lowest BCUT2D eigenvalue weighted by atomic mass is 9.93. The summed E-state index contributed by atoms with van der Waals surface area (Å²) in [6, 6.07) is 22.1. The van der Waals surface area contributed by atoms with Gasteiger partial charge in [-0.25, -0.2) is 14.0 Å². The highest BCUT2D eigenvalue weighted by molar-refractivity contribution is 6.02. The van der Waals surface area contributed by atoms with Gasteiger partial charge in [0.05, 0.1) is 13.1 Å². The summed E-state index contributed by atoms with van der Waals surface area (Å²) in [7, 11) is 0. The molecule has 41 heavy (non-hydrogen) atoms. The Labute approximate surface area is 240 Å². The maximum atomic E-state index is 13.6. The minimum Gasteiger partial charge on any atom is -0.479 e. The number of hydrogen-bond donors (Lipinski definition) is 3. The van der Waals surface area contributed by atoms with Gasteiger partial charge in [0.2, 0.25) is 6.17 Å². The molecule has 1 aliphatic carbocycles. The number of rotatable bonds is 10. The Kier molecular flexibility index (Phi) is 9.90. The number of urea groups is 1. The van der Waals surface area contributed by atoms with E-state index in [1.165, 1.54) is 24.0 Å². The smallest absolute Gasteiger partial charge is 0.340 e. The molecule has 3 aromatic rings. The summed E-state index contributed by atoms with van der Waals surface area (Å²) in [4.78, 5) is 38.2. The van der Waals surface area contributed by atoms with Crippen LogP contribution in [0.2, 0.25) is 0 Å². The summed E-state index contributed by atoms with van der Waals surface area (Å²) in [5, 5.41) is 13.9. The summed E-state index contributed by atoms with van der Waals surface area (Å²) < 4.78 is 13.3. The topological polar surface area (TPSA) is 98.7 Å². The number of nitrogens with one attached hydrogen (secondary N) is 2.